The van der Waals surface area contributed by atoms with Crippen molar-refractivity contribution in [3.05, 3.63) is 46.9 Å². The lowest BCUT2D eigenvalue weighted by atomic mass is 10.0. The van der Waals surface area contributed by atoms with Crippen molar-refractivity contribution in [1.29, 1.82) is 0 Å². The van der Waals surface area contributed by atoms with Gasteiger partial charge >= 0.3 is 5.97 Å². The van der Waals surface area contributed by atoms with Gasteiger partial charge in [0.15, 0.2) is 5.16 Å². The number of hydrogen-bond donors (Lipinski definition) is 1. The molecule has 28 heavy (non-hydrogen) atoms. The second kappa shape index (κ2) is 8.53. The van der Waals surface area contributed by atoms with Crippen molar-refractivity contribution in [2.24, 2.45) is 7.05 Å². The molecule has 0 aliphatic heterocycles. The molecular formula is C18H17FN4O3S2. The maximum absolute atomic E-state index is 13.2. The molecule has 7 nitrogen and oxygen atoms in total. The first-order valence-electron chi connectivity index (χ1n) is 8.15. The molecule has 0 aliphatic rings. The lowest BCUT2D eigenvalue weighted by molar-refractivity contribution is -0.113. The van der Waals surface area contributed by atoms with Crippen LogP contribution < -0.4 is 5.32 Å². The fourth-order valence-electron chi connectivity index (χ4n) is 2.40. The average molecular weight is 420 g/mol. The van der Waals surface area contributed by atoms with Crippen LogP contribution in [-0.2, 0) is 16.6 Å². The lowest BCUT2D eigenvalue weighted by Gasteiger charge is -2.08. The van der Waals surface area contributed by atoms with E-state index in [0.29, 0.717) is 21.3 Å². The third-order valence-electron chi connectivity index (χ3n) is 3.97. The van der Waals surface area contributed by atoms with Crippen LogP contribution in [0.2, 0.25) is 0 Å². The maximum Gasteiger partial charge on any atom is 0.341 e. The quantitative estimate of drug-likeness (QED) is 0.485. The van der Waals surface area contributed by atoms with Gasteiger partial charge in [-0.25, -0.2) is 9.18 Å². The summed E-state index contributed by atoms with van der Waals surface area (Å²) in [6.07, 6.45) is 0. The first-order valence-corrected chi connectivity index (χ1v) is 10.0. The highest BCUT2D eigenvalue weighted by molar-refractivity contribution is 7.99. The van der Waals surface area contributed by atoms with E-state index in [-0.39, 0.29) is 23.0 Å². The number of thioether (sulfide) groups is 1. The molecule has 3 rings (SSSR count). The second-order valence-corrected chi connectivity index (χ2v) is 7.60. The minimum Gasteiger partial charge on any atom is -0.465 e. The zero-order valence-electron chi connectivity index (χ0n) is 15.4. The van der Waals surface area contributed by atoms with Crippen LogP contribution in [0.4, 0.5) is 9.39 Å². The smallest absolute Gasteiger partial charge is 0.341 e. The fourth-order valence-corrected chi connectivity index (χ4v) is 4.13. The molecule has 2 heterocycles. The molecule has 0 fully saturated rings. The van der Waals surface area contributed by atoms with Gasteiger partial charge in [-0.1, -0.05) is 23.9 Å². The Bertz CT molecular complexity index is 1010. The van der Waals surface area contributed by atoms with Crippen LogP contribution in [0.3, 0.4) is 0 Å². The number of aryl methyl sites for hydroxylation is 1. The monoisotopic (exact) mass is 420 g/mol. The van der Waals surface area contributed by atoms with E-state index in [0.717, 1.165) is 5.82 Å². The van der Waals surface area contributed by atoms with E-state index in [9.17, 15) is 14.0 Å². The summed E-state index contributed by atoms with van der Waals surface area (Å²) < 4.78 is 19.9. The molecule has 0 spiro atoms. The Labute approximate surface area is 168 Å². The molecule has 0 saturated carbocycles. The van der Waals surface area contributed by atoms with Crippen molar-refractivity contribution in [1.82, 2.24) is 14.8 Å². The first kappa shape index (κ1) is 20.0. The number of carbonyl (C=O) groups excluding carboxylic acids is 2. The highest BCUT2D eigenvalue weighted by Crippen LogP contribution is 2.36. The van der Waals surface area contributed by atoms with E-state index in [4.69, 9.17) is 4.74 Å². The number of nitrogens with zero attached hydrogens (tertiary/aromatic N) is 3. The Morgan fingerprint density at radius 1 is 1.29 bits per heavy atom. The summed E-state index contributed by atoms with van der Waals surface area (Å²) in [5.74, 6) is -0.381. The van der Waals surface area contributed by atoms with Gasteiger partial charge in [-0.3, -0.25) is 4.79 Å². The number of amides is 1. The molecule has 0 bridgehead atoms. The zero-order valence-corrected chi connectivity index (χ0v) is 17.0. The standard InChI is InChI=1S/C18H17FN4O3S2/c1-10-21-22-18(23(10)2)28-9-14(24)20-16-15(17(25)26-3)13(8-27-16)11-4-6-12(19)7-5-11/h4-8H,9H2,1-3H3,(H,20,24). The molecule has 1 aromatic carbocycles. The Morgan fingerprint density at radius 3 is 2.61 bits per heavy atom. The van der Waals surface area contributed by atoms with E-state index in [1.807, 2.05) is 14.0 Å². The minimum absolute atomic E-state index is 0.108. The van der Waals surface area contributed by atoms with Gasteiger partial charge in [0.05, 0.1) is 12.9 Å². The topological polar surface area (TPSA) is 86.1 Å². The van der Waals surface area contributed by atoms with Crippen molar-refractivity contribution in [2.45, 2.75) is 12.1 Å². The van der Waals surface area contributed by atoms with Gasteiger partial charge in [0.1, 0.15) is 22.2 Å². The number of methoxy groups -OCH3 is 1. The van der Waals surface area contributed by atoms with Crippen LogP contribution >= 0.6 is 23.1 Å². The van der Waals surface area contributed by atoms with Crippen LogP contribution in [0.1, 0.15) is 16.2 Å². The third kappa shape index (κ3) is 4.23. The molecule has 2 aromatic heterocycles. The molecular weight excluding hydrogens is 403 g/mol. The van der Waals surface area contributed by atoms with Crippen LogP contribution in [0.15, 0.2) is 34.8 Å². The van der Waals surface area contributed by atoms with E-state index >= 15 is 0 Å². The Balaban J connectivity index is 1.79. The minimum atomic E-state index is -0.576. The van der Waals surface area contributed by atoms with Gasteiger partial charge in [-0.15, -0.1) is 21.5 Å². The lowest BCUT2D eigenvalue weighted by Crippen LogP contribution is -2.16. The number of hydrogen-bond acceptors (Lipinski definition) is 7. The molecule has 0 atom stereocenters. The fraction of sp³-hybridized carbons (Fsp3) is 0.222. The summed E-state index contributed by atoms with van der Waals surface area (Å²) in [5.41, 5.74) is 1.47. The number of carbonyl (C=O) groups is 2. The van der Waals surface area contributed by atoms with Crippen molar-refractivity contribution in [3.8, 4) is 11.1 Å². The van der Waals surface area contributed by atoms with Crippen molar-refractivity contribution in [2.75, 3.05) is 18.2 Å². The van der Waals surface area contributed by atoms with Crippen LogP contribution in [0.25, 0.3) is 11.1 Å². The molecule has 1 N–H and O–H groups in total. The van der Waals surface area contributed by atoms with Gasteiger partial charge in [-0.05, 0) is 24.6 Å². The number of rotatable bonds is 6. The summed E-state index contributed by atoms with van der Waals surface area (Å²) in [7, 11) is 3.09. The molecule has 0 saturated heterocycles. The maximum atomic E-state index is 13.2. The van der Waals surface area contributed by atoms with Gasteiger partial charge in [-0.2, -0.15) is 0 Å². The summed E-state index contributed by atoms with van der Waals surface area (Å²) in [5, 5.41) is 13.4. The Morgan fingerprint density at radius 2 is 2.00 bits per heavy atom. The van der Waals surface area contributed by atoms with E-state index < -0.39 is 5.97 Å². The van der Waals surface area contributed by atoms with Crippen LogP contribution in [0.5, 0.6) is 0 Å². The van der Waals surface area contributed by atoms with Crippen LogP contribution in [0, 0.1) is 12.7 Å². The van der Waals surface area contributed by atoms with E-state index in [1.165, 1.54) is 42.3 Å². The summed E-state index contributed by atoms with van der Waals surface area (Å²) in [6.45, 7) is 1.82. The molecule has 1 amide bonds. The molecule has 146 valence electrons. The first-order chi connectivity index (χ1) is 13.4. The van der Waals surface area contributed by atoms with Crippen molar-refractivity contribution >= 4 is 40.0 Å². The number of nitrogens with one attached hydrogen (secondary N) is 1. The van der Waals surface area contributed by atoms with Gasteiger partial charge in [0.2, 0.25) is 5.91 Å². The number of ether oxygens (including phenoxy) is 1. The molecule has 10 heteroatoms. The van der Waals surface area contributed by atoms with E-state index in [2.05, 4.69) is 15.5 Å². The number of benzene rings is 1. The summed E-state index contributed by atoms with van der Waals surface area (Å²) in [4.78, 5) is 24.7. The number of thiophene rings is 1. The second-order valence-electron chi connectivity index (χ2n) is 5.78. The molecule has 3 aromatic rings. The number of anilines is 1. The van der Waals surface area contributed by atoms with Crippen molar-refractivity contribution < 1.29 is 18.7 Å². The highest BCUT2D eigenvalue weighted by atomic mass is 32.2. The Hall–Kier alpha value is -2.72. The average Bonchev–Trinajstić information content (AvgIpc) is 3.24. The zero-order chi connectivity index (χ0) is 20.3. The number of halogens is 1. The number of aromatic nitrogens is 3. The highest BCUT2D eigenvalue weighted by Gasteiger charge is 2.22. The number of esters is 1. The van der Waals surface area contributed by atoms with Gasteiger partial charge in [0, 0.05) is 18.0 Å². The Kier molecular flexibility index (Phi) is 6.10. The SMILES string of the molecule is COC(=O)c1c(-c2ccc(F)cc2)csc1NC(=O)CSc1nnc(C)n1C. The van der Waals surface area contributed by atoms with Gasteiger partial charge in [0.25, 0.3) is 0 Å². The summed E-state index contributed by atoms with van der Waals surface area (Å²) in [6, 6.07) is 5.76. The molecule has 0 aliphatic carbocycles. The van der Waals surface area contributed by atoms with Gasteiger partial charge < -0.3 is 14.6 Å². The molecule has 0 radical (unpaired) electrons. The third-order valence-corrected chi connectivity index (χ3v) is 5.89. The van der Waals surface area contributed by atoms with Crippen LogP contribution in [-0.4, -0.2) is 39.5 Å². The predicted octanol–water partition coefficient (Wildman–Crippen LogP) is 3.51. The predicted molar refractivity (Wildman–Crippen MR) is 106 cm³/mol. The molecule has 0 unspecified atom stereocenters. The van der Waals surface area contributed by atoms with E-state index in [1.54, 1.807) is 22.1 Å². The normalized spacial score (nSPS) is 10.7. The summed E-state index contributed by atoms with van der Waals surface area (Å²) >= 11 is 2.45. The largest absolute Gasteiger partial charge is 0.465 e. The van der Waals surface area contributed by atoms with Crippen molar-refractivity contribution in [3.63, 3.8) is 0 Å².